The van der Waals surface area contributed by atoms with E-state index in [1.807, 2.05) is 11.8 Å². The number of aryl methyl sites for hydroxylation is 1. The van der Waals surface area contributed by atoms with Crippen LogP contribution < -0.4 is 0 Å². The minimum absolute atomic E-state index is 0.0571. The van der Waals surface area contributed by atoms with E-state index < -0.39 is 0 Å². The summed E-state index contributed by atoms with van der Waals surface area (Å²) in [5.74, 6) is -0.299. The number of piperazine rings is 1. The zero-order chi connectivity index (χ0) is 24.9. The Bertz CT molecular complexity index is 1070. The summed E-state index contributed by atoms with van der Waals surface area (Å²) in [7, 11) is 0. The molecule has 0 saturated carbocycles. The number of rotatable bonds is 7. The van der Waals surface area contributed by atoms with Gasteiger partial charge in [-0.2, -0.15) is 0 Å². The largest absolute Gasteiger partial charge is 0.466 e. The summed E-state index contributed by atoms with van der Waals surface area (Å²) in [5, 5.41) is 2.15. The van der Waals surface area contributed by atoms with Crippen LogP contribution in [0, 0.1) is 6.92 Å². The molecule has 1 aromatic heterocycles. The van der Waals surface area contributed by atoms with E-state index in [0.29, 0.717) is 32.8 Å². The molecular weight excluding hydrogens is 462 g/mol. The fraction of sp³-hybridized carbons (Fsp3) is 0.519. The monoisotopic (exact) mass is 497 g/mol. The molecule has 1 aromatic carbocycles. The fourth-order valence-electron chi connectivity index (χ4n) is 5.21. The highest BCUT2D eigenvalue weighted by molar-refractivity contribution is 7.10. The molecule has 3 heterocycles. The molecule has 4 rings (SSSR count). The predicted molar refractivity (Wildman–Crippen MR) is 136 cm³/mol. The van der Waals surface area contributed by atoms with E-state index in [-0.39, 0.29) is 42.7 Å². The summed E-state index contributed by atoms with van der Waals surface area (Å²) in [5.41, 5.74) is 3.80. The van der Waals surface area contributed by atoms with Crippen LogP contribution in [0.4, 0.5) is 0 Å². The molecular formula is C27H35N3O4S. The van der Waals surface area contributed by atoms with Crippen LogP contribution in [0.5, 0.6) is 0 Å². The molecule has 35 heavy (non-hydrogen) atoms. The molecule has 0 N–H and O–H groups in total. The lowest BCUT2D eigenvalue weighted by atomic mass is 9.90. The quantitative estimate of drug-likeness (QED) is 0.549. The van der Waals surface area contributed by atoms with E-state index >= 15 is 0 Å². The van der Waals surface area contributed by atoms with Crippen molar-refractivity contribution in [3.05, 3.63) is 57.3 Å². The summed E-state index contributed by atoms with van der Waals surface area (Å²) in [6.45, 7) is 8.90. The molecule has 0 bridgehead atoms. The number of carbonyl (C=O) groups is 3. The van der Waals surface area contributed by atoms with Crippen LogP contribution in [-0.4, -0.2) is 77.9 Å². The van der Waals surface area contributed by atoms with Crippen LogP contribution in [0.15, 0.2) is 35.7 Å². The van der Waals surface area contributed by atoms with Crippen molar-refractivity contribution in [2.24, 2.45) is 0 Å². The first-order valence-corrected chi connectivity index (χ1v) is 13.4. The maximum atomic E-state index is 13.4. The van der Waals surface area contributed by atoms with Crippen molar-refractivity contribution in [1.82, 2.24) is 14.7 Å². The maximum Gasteiger partial charge on any atom is 0.306 e. The number of amides is 2. The van der Waals surface area contributed by atoms with Gasteiger partial charge in [-0.05, 0) is 55.3 Å². The smallest absolute Gasteiger partial charge is 0.306 e. The summed E-state index contributed by atoms with van der Waals surface area (Å²) >= 11 is 1.80. The zero-order valence-electron chi connectivity index (χ0n) is 20.9. The molecule has 0 radical (unpaired) electrons. The van der Waals surface area contributed by atoms with Crippen LogP contribution in [0.3, 0.4) is 0 Å². The van der Waals surface area contributed by atoms with Gasteiger partial charge in [-0.1, -0.05) is 24.3 Å². The Hall–Kier alpha value is -2.71. The molecule has 2 aliphatic heterocycles. The number of hydrogen-bond acceptors (Lipinski definition) is 6. The number of fused-ring (bicyclic) bond motifs is 1. The van der Waals surface area contributed by atoms with Crippen molar-refractivity contribution < 1.29 is 19.1 Å². The van der Waals surface area contributed by atoms with Crippen LogP contribution in [0.2, 0.25) is 0 Å². The van der Waals surface area contributed by atoms with Crippen molar-refractivity contribution in [1.29, 1.82) is 0 Å². The van der Waals surface area contributed by atoms with Crippen LogP contribution >= 0.6 is 11.3 Å². The number of nitrogens with zero attached hydrogens (tertiary/aromatic N) is 3. The van der Waals surface area contributed by atoms with Gasteiger partial charge < -0.3 is 14.5 Å². The number of ether oxygens (including phenoxy) is 1. The van der Waals surface area contributed by atoms with Gasteiger partial charge in [0.25, 0.3) is 0 Å². The average Bonchev–Trinajstić information content (AvgIpc) is 3.32. The Labute approximate surface area is 211 Å². The molecule has 2 unspecified atom stereocenters. The second-order valence-corrected chi connectivity index (χ2v) is 10.4. The molecule has 1 saturated heterocycles. The number of benzene rings is 1. The second-order valence-electron chi connectivity index (χ2n) is 9.36. The number of thiophene rings is 1. The van der Waals surface area contributed by atoms with Crippen LogP contribution in [0.1, 0.15) is 54.3 Å². The van der Waals surface area contributed by atoms with E-state index in [1.165, 1.54) is 21.6 Å². The molecule has 8 heteroatoms. The van der Waals surface area contributed by atoms with Crippen molar-refractivity contribution in [2.75, 3.05) is 39.3 Å². The van der Waals surface area contributed by atoms with Gasteiger partial charge in [-0.15, -0.1) is 11.3 Å². The first-order valence-electron chi connectivity index (χ1n) is 12.5. The lowest BCUT2D eigenvalue weighted by Crippen LogP contribution is -2.57. The number of hydrogen-bond donors (Lipinski definition) is 0. The lowest BCUT2D eigenvalue weighted by molar-refractivity contribution is -0.147. The standard InChI is InChI=1S/C27H35N3O4S/c1-4-34-26(33)10-9-24(31)30-15-14-28(17-20(30)3)25(32)18-29-13-11-23-22(12-16-35-23)27(29)21-8-6-5-7-19(21)2/h5-8,12,16,20,27H,4,9-11,13-15,17-18H2,1-3H3. The molecule has 2 aromatic rings. The van der Waals surface area contributed by atoms with Crippen LogP contribution in [0.25, 0.3) is 0 Å². The van der Waals surface area contributed by atoms with E-state index in [4.69, 9.17) is 4.74 Å². The summed E-state index contributed by atoms with van der Waals surface area (Å²) in [4.78, 5) is 45.0. The SMILES string of the molecule is CCOC(=O)CCC(=O)N1CCN(C(=O)CN2CCc3sccc3C2c2ccccc2C)CC1C. The van der Waals surface area contributed by atoms with Gasteiger partial charge in [0.15, 0.2) is 0 Å². The third-order valence-electron chi connectivity index (χ3n) is 7.04. The van der Waals surface area contributed by atoms with E-state index in [2.05, 4.69) is 47.5 Å². The van der Waals surface area contributed by atoms with Gasteiger partial charge in [-0.25, -0.2) is 0 Å². The van der Waals surface area contributed by atoms with Crippen LogP contribution in [-0.2, 0) is 25.5 Å². The highest BCUT2D eigenvalue weighted by Crippen LogP contribution is 2.38. The lowest BCUT2D eigenvalue weighted by Gasteiger charge is -2.42. The Morgan fingerprint density at radius 2 is 1.83 bits per heavy atom. The predicted octanol–water partition coefficient (Wildman–Crippen LogP) is 3.41. The second kappa shape index (κ2) is 11.4. The van der Waals surface area contributed by atoms with E-state index in [1.54, 1.807) is 23.2 Å². The normalized spacial score (nSPS) is 20.4. The highest BCUT2D eigenvalue weighted by atomic mass is 32.1. The first-order chi connectivity index (χ1) is 16.9. The highest BCUT2D eigenvalue weighted by Gasteiger charge is 2.35. The molecule has 0 spiro atoms. The molecule has 2 atom stereocenters. The van der Waals surface area contributed by atoms with Crippen molar-refractivity contribution in [3.63, 3.8) is 0 Å². The van der Waals surface area contributed by atoms with Crippen molar-refractivity contribution >= 4 is 29.1 Å². The van der Waals surface area contributed by atoms with Crippen molar-refractivity contribution in [2.45, 2.75) is 52.1 Å². The number of esters is 1. The summed E-state index contributed by atoms with van der Waals surface area (Å²) in [6.07, 6.45) is 1.20. The van der Waals surface area contributed by atoms with E-state index in [9.17, 15) is 14.4 Å². The van der Waals surface area contributed by atoms with Gasteiger partial charge in [0.05, 0.1) is 25.6 Å². The third kappa shape index (κ3) is 5.76. The maximum absolute atomic E-state index is 13.4. The summed E-state index contributed by atoms with van der Waals surface area (Å²) < 4.78 is 4.93. The molecule has 2 aliphatic rings. The Morgan fingerprint density at radius 3 is 2.57 bits per heavy atom. The van der Waals surface area contributed by atoms with Gasteiger partial charge in [0.1, 0.15) is 0 Å². The minimum atomic E-state index is -0.346. The average molecular weight is 498 g/mol. The zero-order valence-corrected chi connectivity index (χ0v) is 21.7. The fourth-order valence-corrected chi connectivity index (χ4v) is 6.11. The molecule has 2 amide bonds. The Kier molecular flexibility index (Phi) is 8.23. The molecule has 188 valence electrons. The summed E-state index contributed by atoms with van der Waals surface area (Å²) in [6, 6.07) is 10.6. The number of carbonyl (C=O) groups excluding carboxylic acids is 3. The third-order valence-corrected chi connectivity index (χ3v) is 8.03. The molecule has 1 fully saturated rings. The van der Waals surface area contributed by atoms with Gasteiger partial charge in [-0.3, -0.25) is 19.3 Å². The van der Waals surface area contributed by atoms with E-state index in [0.717, 1.165) is 13.0 Å². The molecule has 7 nitrogen and oxygen atoms in total. The van der Waals surface area contributed by atoms with Gasteiger partial charge in [0.2, 0.25) is 11.8 Å². The first kappa shape index (κ1) is 25.4. The Morgan fingerprint density at radius 1 is 1.03 bits per heavy atom. The topological polar surface area (TPSA) is 70.2 Å². The van der Waals surface area contributed by atoms with Gasteiger partial charge in [0, 0.05) is 43.5 Å². The Balaban J connectivity index is 1.39. The van der Waals surface area contributed by atoms with Gasteiger partial charge >= 0.3 is 5.97 Å². The minimum Gasteiger partial charge on any atom is -0.466 e. The molecule has 0 aliphatic carbocycles. The van der Waals surface area contributed by atoms with Crippen molar-refractivity contribution in [3.8, 4) is 0 Å².